The molecule has 2 aliphatic rings. The maximum atomic E-state index is 12.8. The lowest BCUT2D eigenvalue weighted by Gasteiger charge is -2.27. The fourth-order valence-corrected chi connectivity index (χ4v) is 3.58. The molecule has 1 aromatic carbocycles. The fourth-order valence-electron chi connectivity index (χ4n) is 3.58. The summed E-state index contributed by atoms with van der Waals surface area (Å²) in [6.07, 6.45) is 1.98. The summed E-state index contributed by atoms with van der Waals surface area (Å²) < 4.78 is 12.5. The number of rotatable bonds is 6. The van der Waals surface area contributed by atoms with Crippen LogP contribution in [0.1, 0.15) is 35.9 Å². The number of aliphatic hydroxyl groups is 1. The van der Waals surface area contributed by atoms with E-state index < -0.39 is 6.10 Å². The smallest absolute Gasteiger partial charge is 0.227 e. The average molecular weight is 371 g/mol. The van der Waals surface area contributed by atoms with Gasteiger partial charge in [-0.05, 0) is 42.5 Å². The summed E-state index contributed by atoms with van der Waals surface area (Å²) in [7, 11) is 3.18. The number of nitrogens with zero attached hydrogens (tertiary/aromatic N) is 3. The molecule has 0 bridgehead atoms. The Morgan fingerprint density at radius 3 is 2.70 bits per heavy atom. The molecule has 0 saturated heterocycles. The van der Waals surface area contributed by atoms with Gasteiger partial charge in [0.15, 0.2) is 11.5 Å². The lowest BCUT2D eigenvalue weighted by molar-refractivity contribution is -0.132. The lowest BCUT2D eigenvalue weighted by Crippen LogP contribution is -2.39. The third-order valence-corrected chi connectivity index (χ3v) is 5.34. The predicted molar refractivity (Wildman–Crippen MR) is 98.6 cm³/mol. The number of benzene rings is 1. The molecule has 1 atom stereocenters. The van der Waals surface area contributed by atoms with Crippen molar-refractivity contribution in [2.75, 3.05) is 20.8 Å². The minimum absolute atomic E-state index is 0.0685. The number of aliphatic hydroxyl groups excluding tert-OH is 1. The van der Waals surface area contributed by atoms with Crippen LogP contribution >= 0.6 is 0 Å². The van der Waals surface area contributed by atoms with Gasteiger partial charge in [-0.1, -0.05) is 6.07 Å². The second-order valence-electron chi connectivity index (χ2n) is 7.25. The van der Waals surface area contributed by atoms with E-state index >= 15 is 0 Å². The lowest BCUT2D eigenvalue weighted by atomic mass is 10.1. The van der Waals surface area contributed by atoms with Crippen LogP contribution in [0.25, 0.3) is 0 Å². The van der Waals surface area contributed by atoms with Gasteiger partial charge in [-0.2, -0.15) is 5.10 Å². The molecule has 2 aromatic rings. The summed E-state index contributed by atoms with van der Waals surface area (Å²) in [5.41, 5.74) is 2.61. The van der Waals surface area contributed by atoms with E-state index in [1.807, 2.05) is 33.8 Å². The highest BCUT2D eigenvalue weighted by molar-refractivity contribution is 5.79. The first-order chi connectivity index (χ1) is 13.1. The standard InChI is InChI=1S/C20H25N3O4/c1-26-17-6-3-13(9-18(17)27-2)10-19(24)22-7-8-23-15(12-22)11-16(21-23)20(25)14-4-5-14/h3,6,9,11,14,20,25H,4-5,7-8,10,12H2,1-2H3/t20-/m1/s1. The number of amides is 1. The second-order valence-corrected chi connectivity index (χ2v) is 7.25. The van der Waals surface area contributed by atoms with Crippen molar-refractivity contribution in [3.05, 3.63) is 41.2 Å². The Balaban J connectivity index is 1.43. The number of hydrogen-bond donors (Lipinski definition) is 1. The van der Waals surface area contributed by atoms with Gasteiger partial charge < -0.3 is 19.5 Å². The first kappa shape index (κ1) is 17.9. The molecule has 144 valence electrons. The number of fused-ring (bicyclic) bond motifs is 1. The zero-order valence-electron chi connectivity index (χ0n) is 15.7. The SMILES string of the molecule is COc1ccc(CC(=O)N2CCn3nc([C@H](O)C4CC4)cc3C2)cc1OC. The van der Waals surface area contributed by atoms with Crippen molar-refractivity contribution in [2.24, 2.45) is 5.92 Å². The molecule has 2 heterocycles. The molecular formula is C20H25N3O4. The van der Waals surface area contributed by atoms with E-state index in [2.05, 4.69) is 5.10 Å². The molecule has 4 rings (SSSR count). The largest absolute Gasteiger partial charge is 0.493 e. The van der Waals surface area contributed by atoms with Crippen molar-refractivity contribution in [3.8, 4) is 11.5 Å². The van der Waals surface area contributed by atoms with Crippen LogP contribution in [-0.4, -0.2) is 46.5 Å². The summed E-state index contributed by atoms with van der Waals surface area (Å²) >= 11 is 0. The van der Waals surface area contributed by atoms with Crippen molar-refractivity contribution < 1.29 is 19.4 Å². The van der Waals surface area contributed by atoms with Crippen LogP contribution in [0.15, 0.2) is 24.3 Å². The zero-order chi connectivity index (χ0) is 19.0. The first-order valence-electron chi connectivity index (χ1n) is 9.32. The van der Waals surface area contributed by atoms with Gasteiger partial charge in [0.1, 0.15) is 6.10 Å². The molecule has 1 aliphatic carbocycles. The van der Waals surface area contributed by atoms with Crippen LogP contribution in [0.2, 0.25) is 0 Å². The van der Waals surface area contributed by atoms with Gasteiger partial charge in [0.2, 0.25) is 5.91 Å². The molecule has 0 spiro atoms. The van der Waals surface area contributed by atoms with Gasteiger partial charge in [0.05, 0.1) is 45.1 Å². The highest BCUT2D eigenvalue weighted by Crippen LogP contribution is 2.40. The molecule has 7 nitrogen and oxygen atoms in total. The van der Waals surface area contributed by atoms with E-state index in [4.69, 9.17) is 9.47 Å². The van der Waals surface area contributed by atoms with E-state index in [1.54, 1.807) is 14.2 Å². The number of methoxy groups -OCH3 is 2. The van der Waals surface area contributed by atoms with E-state index in [1.165, 1.54) is 0 Å². The third kappa shape index (κ3) is 3.64. The maximum Gasteiger partial charge on any atom is 0.227 e. The van der Waals surface area contributed by atoms with Crippen molar-refractivity contribution in [2.45, 2.75) is 38.5 Å². The second kappa shape index (κ2) is 7.23. The van der Waals surface area contributed by atoms with Crippen LogP contribution in [0.4, 0.5) is 0 Å². The van der Waals surface area contributed by atoms with Crippen LogP contribution in [0.5, 0.6) is 11.5 Å². The molecule has 27 heavy (non-hydrogen) atoms. The molecule has 1 fully saturated rings. The number of hydrogen-bond acceptors (Lipinski definition) is 5. The normalized spacial score (nSPS) is 17.4. The highest BCUT2D eigenvalue weighted by atomic mass is 16.5. The van der Waals surface area contributed by atoms with E-state index in [9.17, 15) is 9.90 Å². The monoisotopic (exact) mass is 371 g/mol. The van der Waals surface area contributed by atoms with Crippen LogP contribution < -0.4 is 9.47 Å². The molecule has 1 amide bonds. The third-order valence-electron chi connectivity index (χ3n) is 5.34. The summed E-state index contributed by atoms with van der Waals surface area (Å²) in [5, 5.41) is 14.8. The number of carbonyl (C=O) groups is 1. The van der Waals surface area contributed by atoms with Gasteiger partial charge in [0.25, 0.3) is 0 Å². The summed E-state index contributed by atoms with van der Waals surface area (Å²) in [6, 6.07) is 7.49. The quantitative estimate of drug-likeness (QED) is 0.840. The minimum atomic E-state index is -0.473. The van der Waals surface area contributed by atoms with Crippen molar-refractivity contribution in [3.63, 3.8) is 0 Å². The number of ether oxygens (including phenoxy) is 2. The Morgan fingerprint density at radius 1 is 1.22 bits per heavy atom. The Morgan fingerprint density at radius 2 is 2.00 bits per heavy atom. The van der Waals surface area contributed by atoms with E-state index in [0.29, 0.717) is 43.5 Å². The topological polar surface area (TPSA) is 76.8 Å². The Hall–Kier alpha value is -2.54. The Labute approximate surface area is 158 Å². The van der Waals surface area contributed by atoms with Gasteiger partial charge in [-0.15, -0.1) is 0 Å². The number of carbonyl (C=O) groups excluding carboxylic acids is 1. The van der Waals surface area contributed by atoms with Crippen LogP contribution in [0.3, 0.4) is 0 Å². The first-order valence-corrected chi connectivity index (χ1v) is 9.32. The molecule has 1 aromatic heterocycles. The molecule has 7 heteroatoms. The minimum Gasteiger partial charge on any atom is -0.493 e. The summed E-state index contributed by atoms with van der Waals surface area (Å²) in [6.45, 7) is 1.81. The van der Waals surface area contributed by atoms with Crippen molar-refractivity contribution in [1.82, 2.24) is 14.7 Å². The summed E-state index contributed by atoms with van der Waals surface area (Å²) in [4.78, 5) is 14.6. The van der Waals surface area contributed by atoms with Crippen LogP contribution in [-0.2, 0) is 24.3 Å². The van der Waals surface area contributed by atoms with Gasteiger partial charge in [0, 0.05) is 6.54 Å². The average Bonchev–Trinajstić information content (AvgIpc) is 3.45. The Bertz CT molecular complexity index is 844. The van der Waals surface area contributed by atoms with Gasteiger partial charge >= 0.3 is 0 Å². The zero-order valence-corrected chi connectivity index (χ0v) is 15.7. The molecule has 1 saturated carbocycles. The predicted octanol–water partition coefficient (Wildman–Crippen LogP) is 1.93. The van der Waals surface area contributed by atoms with Crippen molar-refractivity contribution in [1.29, 1.82) is 0 Å². The fraction of sp³-hybridized carbons (Fsp3) is 0.500. The molecule has 1 aliphatic heterocycles. The molecule has 0 radical (unpaired) electrons. The number of aromatic nitrogens is 2. The van der Waals surface area contributed by atoms with Crippen molar-refractivity contribution >= 4 is 5.91 Å². The van der Waals surface area contributed by atoms with Crippen LogP contribution in [0, 0.1) is 5.92 Å². The van der Waals surface area contributed by atoms with E-state index in [-0.39, 0.29) is 5.91 Å². The molecule has 0 unspecified atom stereocenters. The molecular weight excluding hydrogens is 346 g/mol. The van der Waals surface area contributed by atoms with E-state index in [0.717, 1.165) is 29.8 Å². The van der Waals surface area contributed by atoms with Gasteiger partial charge in [-0.25, -0.2) is 0 Å². The summed E-state index contributed by atoms with van der Waals surface area (Å²) in [5.74, 6) is 1.69. The highest BCUT2D eigenvalue weighted by Gasteiger charge is 2.33. The molecule has 1 N–H and O–H groups in total. The van der Waals surface area contributed by atoms with Gasteiger partial charge in [-0.3, -0.25) is 9.48 Å². The Kier molecular flexibility index (Phi) is 4.78. The maximum absolute atomic E-state index is 12.8.